The van der Waals surface area contributed by atoms with E-state index in [2.05, 4.69) is 0 Å². The number of hydrogen-bond donors (Lipinski definition) is 2. The van der Waals surface area contributed by atoms with Gasteiger partial charge in [0.2, 0.25) is 6.36 Å². The molecule has 0 rings (SSSR count). The molecule has 2 N–H and O–H groups in total. The van der Waals surface area contributed by atoms with Crippen molar-refractivity contribution in [2.45, 2.75) is 11.9 Å². The first-order chi connectivity index (χ1) is 3.85. The molecule has 2 unspecified atom stereocenters. The van der Waals surface area contributed by atoms with E-state index < -0.39 is 22.0 Å². The average molecular weight is 186 g/mol. The van der Waals surface area contributed by atoms with Gasteiger partial charge in [-0.15, -0.1) is 0 Å². The van der Waals surface area contributed by atoms with E-state index in [1.54, 1.807) is 0 Å². The van der Waals surface area contributed by atoms with Gasteiger partial charge >= 0.3 is 39.7 Å². The Labute approximate surface area is 79.8 Å². The normalized spacial score (nSPS) is 17.2. The van der Waals surface area contributed by atoms with E-state index >= 15 is 0 Å². The maximum Gasteiger partial charge on any atom is 1.00 e. The summed E-state index contributed by atoms with van der Waals surface area (Å²) in [7, 11) is -5.09. The fourth-order valence-electron chi connectivity index (χ4n) is 0.142. The van der Waals surface area contributed by atoms with Crippen LogP contribution >= 0.6 is 0 Å². The van der Waals surface area contributed by atoms with Crippen LogP contribution in [0.4, 0.5) is 8.78 Å². The molecule has 58 valence electrons. The van der Waals surface area contributed by atoms with E-state index in [1.165, 1.54) is 0 Å². The van der Waals surface area contributed by atoms with Gasteiger partial charge in [0.05, 0.1) is 0 Å². The topological polar surface area (TPSA) is 74.6 Å². The van der Waals surface area contributed by atoms with Gasteiger partial charge in [0.25, 0.3) is 5.50 Å². The summed E-state index contributed by atoms with van der Waals surface area (Å²) in [4.78, 5) is 0. The molecule has 0 aliphatic rings. The number of rotatable bonds is 2. The Balaban J connectivity index is -0.000000320. The first-order valence-electron chi connectivity index (χ1n) is 1.78. The van der Waals surface area contributed by atoms with Crippen LogP contribution in [0.3, 0.4) is 0 Å². The summed E-state index contributed by atoms with van der Waals surface area (Å²) in [5, 5.41) is 7.58. The Bertz CT molecular complexity index is 183. The molecule has 8 heteroatoms. The van der Waals surface area contributed by atoms with Crippen LogP contribution in [0.2, 0.25) is 0 Å². The fourth-order valence-corrected chi connectivity index (χ4v) is 0.426. The van der Waals surface area contributed by atoms with Crippen molar-refractivity contribution in [1.29, 1.82) is 0 Å². The van der Waals surface area contributed by atoms with Crippen LogP contribution < -0.4 is 29.6 Å². The number of halogens is 2. The number of aliphatic hydroxyl groups excluding tert-OH is 1. The third kappa shape index (κ3) is 4.53. The van der Waals surface area contributed by atoms with Gasteiger partial charge in [-0.2, -0.15) is 8.42 Å². The Morgan fingerprint density at radius 1 is 1.40 bits per heavy atom. The van der Waals surface area contributed by atoms with Gasteiger partial charge in [0.1, 0.15) is 0 Å². The van der Waals surface area contributed by atoms with Crippen molar-refractivity contribution in [2.75, 3.05) is 0 Å². The summed E-state index contributed by atoms with van der Waals surface area (Å²) < 4.78 is 49.6. The van der Waals surface area contributed by atoms with E-state index in [0.29, 0.717) is 0 Å². The molecule has 0 amide bonds. The molecule has 0 heterocycles. The zero-order valence-corrected chi connectivity index (χ0v) is 7.85. The largest absolute Gasteiger partial charge is 1.00 e. The summed E-state index contributed by atoms with van der Waals surface area (Å²) >= 11 is 0. The van der Waals surface area contributed by atoms with Gasteiger partial charge in [-0.25, -0.2) is 8.78 Å². The number of aliphatic hydroxyl groups is 1. The molecule has 0 aromatic carbocycles. The molecule has 0 saturated heterocycles. The molecule has 0 bridgehead atoms. The second-order valence-corrected chi connectivity index (χ2v) is 2.72. The second-order valence-electron chi connectivity index (χ2n) is 1.24. The molecular weight excluding hydrogens is 181 g/mol. The van der Waals surface area contributed by atoms with Gasteiger partial charge in [0.15, 0.2) is 0 Å². The van der Waals surface area contributed by atoms with Crippen LogP contribution in [0, 0.1) is 0 Å². The standard InChI is InChI=1S/C2H4F2O4S.Na.H/c3-1(5)2(4)9(6,7)8;;/h1-2,5H,(H,6,7,8);;/q;+1;-1. The molecule has 0 spiro atoms. The number of hydrogen-bond acceptors (Lipinski definition) is 3. The van der Waals surface area contributed by atoms with Crippen molar-refractivity contribution in [1.82, 2.24) is 0 Å². The van der Waals surface area contributed by atoms with Crippen LogP contribution in [0.15, 0.2) is 0 Å². The summed E-state index contributed by atoms with van der Waals surface area (Å²) in [6.07, 6.45) is -3.19. The molecule has 0 radical (unpaired) electrons. The van der Waals surface area contributed by atoms with Crippen LogP contribution in [0.5, 0.6) is 0 Å². The molecule has 2 atom stereocenters. The summed E-state index contributed by atoms with van der Waals surface area (Å²) in [6.45, 7) is 0. The first-order valence-corrected chi connectivity index (χ1v) is 3.28. The second kappa shape index (κ2) is 4.58. The summed E-state index contributed by atoms with van der Waals surface area (Å²) in [5.41, 5.74) is -3.27. The van der Waals surface area contributed by atoms with E-state index in [0.717, 1.165) is 0 Å². The Morgan fingerprint density at radius 3 is 1.70 bits per heavy atom. The Morgan fingerprint density at radius 2 is 1.70 bits per heavy atom. The van der Waals surface area contributed by atoms with Crippen molar-refractivity contribution in [3.63, 3.8) is 0 Å². The number of alkyl halides is 2. The van der Waals surface area contributed by atoms with Crippen molar-refractivity contribution < 1.29 is 57.8 Å². The predicted octanol–water partition coefficient (Wildman–Crippen LogP) is -3.43. The minimum absolute atomic E-state index is 0. The maximum atomic E-state index is 11.6. The van der Waals surface area contributed by atoms with E-state index in [9.17, 15) is 17.2 Å². The van der Waals surface area contributed by atoms with Crippen LogP contribution in [-0.4, -0.2) is 29.9 Å². The molecule has 0 saturated carbocycles. The van der Waals surface area contributed by atoms with Crippen molar-refractivity contribution >= 4 is 10.1 Å². The Hall–Kier alpha value is 0.730. The minimum atomic E-state index is -5.09. The molecule has 4 nitrogen and oxygen atoms in total. The maximum absolute atomic E-state index is 11.6. The Kier molecular flexibility index (Phi) is 6.10. The van der Waals surface area contributed by atoms with E-state index in [4.69, 9.17) is 9.66 Å². The molecule has 0 aliphatic heterocycles. The van der Waals surface area contributed by atoms with Crippen molar-refractivity contribution in [2.24, 2.45) is 0 Å². The quantitative estimate of drug-likeness (QED) is 0.348. The molecule has 0 aromatic heterocycles. The smallest absolute Gasteiger partial charge is 1.00 e. The molecule has 0 aliphatic carbocycles. The van der Waals surface area contributed by atoms with E-state index in [1.807, 2.05) is 0 Å². The van der Waals surface area contributed by atoms with Crippen LogP contribution in [-0.2, 0) is 10.1 Å². The van der Waals surface area contributed by atoms with Gasteiger partial charge in [-0.3, -0.25) is 4.55 Å². The monoisotopic (exact) mass is 186 g/mol. The van der Waals surface area contributed by atoms with Gasteiger partial charge in [-0.05, 0) is 0 Å². The SMILES string of the molecule is O=S(=O)(O)C(F)C(O)F.[H-].[Na+]. The third-order valence-corrected chi connectivity index (χ3v) is 1.29. The zero-order valence-electron chi connectivity index (χ0n) is 6.03. The van der Waals surface area contributed by atoms with Gasteiger partial charge in [0, 0.05) is 0 Å². The third-order valence-electron chi connectivity index (χ3n) is 0.501. The molecule has 0 aromatic rings. The molecule has 10 heavy (non-hydrogen) atoms. The first kappa shape index (κ1) is 13.3. The van der Waals surface area contributed by atoms with Crippen molar-refractivity contribution in [3.05, 3.63) is 0 Å². The predicted molar refractivity (Wildman–Crippen MR) is 24.7 cm³/mol. The van der Waals surface area contributed by atoms with E-state index in [-0.39, 0.29) is 31.0 Å². The summed E-state index contributed by atoms with van der Waals surface area (Å²) in [5.74, 6) is 0. The van der Waals surface area contributed by atoms with Crippen LogP contribution in [0.25, 0.3) is 0 Å². The molecular formula is C2H5F2NaO4S. The molecule has 0 fully saturated rings. The van der Waals surface area contributed by atoms with Crippen LogP contribution in [0.1, 0.15) is 1.43 Å². The van der Waals surface area contributed by atoms with Crippen molar-refractivity contribution in [3.8, 4) is 0 Å². The minimum Gasteiger partial charge on any atom is -1.00 e. The van der Waals surface area contributed by atoms with Gasteiger partial charge in [-0.1, -0.05) is 0 Å². The fraction of sp³-hybridized carbons (Fsp3) is 1.00. The zero-order chi connectivity index (χ0) is 7.65. The van der Waals surface area contributed by atoms with Gasteiger partial charge < -0.3 is 6.53 Å². The summed E-state index contributed by atoms with van der Waals surface area (Å²) in [6, 6.07) is 0. The average Bonchev–Trinajstić information content (AvgIpc) is 1.62.